The number of carbonyl (C=O) groups excluding carboxylic acids is 1. The van der Waals surface area contributed by atoms with Crippen LogP contribution in [-0.4, -0.2) is 10.8 Å². The summed E-state index contributed by atoms with van der Waals surface area (Å²) in [5.74, 6) is -0.902. The van der Waals surface area contributed by atoms with Gasteiger partial charge in [-0.2, -0.15) is 4.74 Å². The molecule has 5 nitrogen and oxygen atoms in total. The van der Waals surface area contributed by atoms with E-state index in [0.717, 1.165) is 0 Å². The second-order valence-electron chi connectivity index (χ2n) is 2.60. The van der Waals surface area contributed by atoms with Crippen LogP contribution in [0.15, 0.2) is 29.0 Å². The van der Waals surface area contributed by atoms with Crippen molar-refractivity contribution in [1.29, 1.82) is 0 Å². The van der Waals surface area contributed by atoms with Crippen molar-refractivity contribution in [2.24, 2.45) is 4.74 Å². The number of rotatable bonds is 2. The number of hydrogen-bond donors (Lipinski definition) is 0. The molecule has 1 aromatic carbocycles. The van der Waals surface area contributed by atoms with Crippen molar-refractivity contribution in [3.8, 4) is 0 Å². The average Bonchev–Trinajstić information content (AvgIpc) is 2.15. The van der Waals surface area contributed by atoms with Gasteiger partial charge in [-0.15, -0.1) is 0 Å². The molecule has 1 aromatic rings. The highest BCUT2D eigenvalue weighted by atomic mass is 36.0. The molecule has 0 heterocycles. The molecule has 0 atom stereocenters. The Balaban J connectivity index is 3.25. The van der Waals surface area contributed by atoms with Crippen molar-refractivity contribution in [3.05, 3.63) is 39.9 Å². The van der Waals surface area contributed by atoms with Crippen LogP contribution in [0.1, 0.15) is 10.4 Å². The van der Waals surface area contributed by atoms with Crippen LogP contribution in [0, 0.1) is 10.1 Å². The third-order valence-corrected chi connectivity index (χ3v) is 2.62. The molecule has 0 aliphatic carbocycles. The molecule has 0 saturated heterocycles. The van der Waals surface area contributed by atoms with Gasteiger partial charge in [0.25, 0.3) is 11.6 Å². The summed E-state index contributed by atoms with van der Waals surface area (Å²) in [7, 11) is 0. The number of nitro groups is 1. The van der Waals surface area contributed by atoms with E-state index in [4.69, 9.17) is 33.7 Å². The van der Waals surface area contributed by atoms with Crippen LogP contribution in [0.25, 0.3) is 0 Å². The average molecular weight is 301 g/mol. The molecule has 0 spiro atoms. The van der Waals surface area contributed by atoms with Gasteiger partial charge in [-0.25, -0.2) is 0 Å². The standard InChI is InChI=1S/C7H4Cl3N2O3P/c8-16(9,10)11-7(13)5-3-1-2-4-6(5)12(14)15/h1-4H. The maximum absolute atomic E-state index is 11.5. The molecule has 16 heavy (non-hydrogen) atoms. The van der Waals surface area contributed by atoms with E-state index in [9.17, 15) is 14.9 Å². The van der Waals surface area contributed by atoms with E-state index in [1.165, 1.54) is 24.3 Å². The first-order valence-corrected chi connectivity index (χ1v) is 8.26. The zero-order valence-corrected chi connectivity index (χ0v) is 10.7. The number of carbonyl (C=O) groups is 1. The first-order chi connectivity index (χ1) is 7.31. The van der Waals surface area contributed by atoms with Gasteiger partial charge in [0.2, 0.25) is 5.11 Å². The molecule has 86 valence electrons. The molecule has 0 unspecified atom stereocenters. The summed E-state index contributed by atoms with van der Waals surface area (Å²) in [5, 5.41) is 7.40. The third-order valence-electron chi connectivity index (χ3n) is 1.54. The highest BCUT2D eigenvalue weighted by Crippen LogP contribution is 2.65. The van der Waals surface area contributed by atoms with E-state index in [2.05, 4.69) is 4.74 Å². The molecule has 0 radical (unpaired) electrons. The van der Waals surface area contributed by atoms with E-state index in [1.54, 1.807) is 0 Å². The van der Waals surface area contributed by atoms with Gasteiger partial charge in [-0.05, 0) is 39.8 Å². The lowest BCUT2D eigenvalue weighted by Crippen LogP contribution is -2.00. The minimum atomic E-state index is -3.22. The normalized spacial score (nSPS) is 10.9. The number of nitrogens with zero attached hydrogens (tertiary/aromatic N) is 2. The van der Waals surface area contributed by atoms with Crippen LogP contribution in [-0.2, 0) is 0 Å². The molecular weight excluding hydrogens is 297 g/mol. The first kappa shape index (κ1) is 13.5. The van der Waals surface area contributed by atoms with Crippen molar-refractivity contribution in [3.63, 3.8) is 0 Å². The van der Waals surface area contributed by atoms with E-state index in [1.807, 2.05) is 0 Å². The van der Waals surface area contributed by atoms with Crippen molar-refractivity contribution in [1.82, 2.24) is 0 Å². The van der Waals surface area contributed by atoms with Crippen molar-refractivity contribution in [2.75, 3.05) is 0 Å². The predicted molar refractivity (Wildman–Crippen MR) is 64.3 cm³/mol. The summed E-state index contributed by atoms with van der Waals surface area (Å²) >= 11 is 16.2. The van der Waals surface area contributed by atoms with E-state index in [0.29, 0.717) is 0 Å². The SMILES string of the molecule is O=C(N=P(Cl)(Cl)Cl)c1ccccc1[N+](=O)[O-]. The Morgan fingerprint density at radius 3 is 2.38 bits per heavy atom. The Bertz CT molecular complexity index is 491. The minimum Gasteiger partial charge on any atom is -0.266 e. The minimum absolute atomic E-state index is 0.196. The van der Waals surface area contributed by atoms with Gasteiger partial charge in [0.1, 0.15) is 5.56 Å². The number of nitro benzene ring substituents is 1. The van der Waals surface area contributed by atoms with Gasteiger partial charge in [-0.1, -0.05) is 12.1 Å². The lowest BCUT2D eigenvalue weighted by atomic mass is 10.2. The molecule has 0 bridgehead atoms. The van der Waals surface area contributed by atoms with Crippen LogP contribution >= 0.6 is 38.8 Å². The summed E-state index contributed by atoms with van der Waals surface area (Å²) in [6.45, 7) is 0. The fraction of sp³-hybridized carbons (Fsp3) is 0. The maximum Gasteiger partial charge on any atom is 0.285 e. The molecule has 0 N–H and O–H groups in total. The Hall–Kier alpha value is -0.610. The number of para-hydroxylation sites is 1. The molecule has 0 aromatic heterocycles. The quantitative estimate of drug-likeness (QED) is 0.462. The van der Waals surface area contributed by atoms with Crippen LogP contribution in [0.2, 0.25) is 0 Å². The largest absolute Gasteiger partial charge is 0.285 e. The topological polar surface area (TPSA) is 72.6 Å². The smallest absolute Gasteiger partial charge is 0.266 e. The number of amides is 1. The van der Waals surface area contributed by atoms with E-state index < -0.39 is 15.9 Å². The van der Waals surface area contributed by atoms with Crippen LogP contribution in [0.3, 0.4) is 0 Å². The third kappa shape index (κ3) is 3.76. The van der Waals surface area contributed by atoms with Gasteiger partial charge in [-0.3, -0.25) is 14.9 Å². The number of benzene rings is 1. The Morgan fingerprint density at radius 1 is 1.31 bits per heavy atom. The van der Waals surface area contributed by atoms with E-state index in [-0.39, 0.29) is 11.3 Å². The number of hydrogen-bond acceptors (Lipinski definition) is 3. The molecule has 1 amide bonds. The zero-order valence-electron chi connectivity index (χ0n) is 7.51. The molecule has 0 fully saturated rings. The first-order valence-electron chi connectivity index (χ1n) is 3.80. The molecule has 0 saturated carbocycles. The molecular formula is C7H4Cl3N2O3P. The predicted octanol–water partition coefficient (Wildman–Crippen LogP) is 4.40. The fourth-order valence-corrected chi connectivity index (χ4v) is 1.90. The van der Waals surface area contributed by atoms with Crippen LogP contribution < -0.4 is 0 Å². The van der Waals surface area contributed by atoms with Gasteiger partial charge in [0, 0.05) is 6.07 Å². The van der Waals surface area contributed by atoms with Crippen molar-refractivity contribution in [2.45, 2.75) is 0 Å². The van der Waals surface area contributed by atoms with Gasteiger partial charge >= 0.3 is 0 Å². The molecule has 9 heteroatoms. The maximum atomic E-state index is 11.5. The second-order valence-corrected chi connectivity index (χ2v) is 9.60. The monoisotopic (exact) mass is 300 g/mol. The summed E-state index contributed by atoms with van der Waals surface area (Å²) < 4.78 is 3.29. The summed E-state index contributed by atoms with van der Waals surface area (Å²) in [6, 6.07) is 5.33. The summed E-state index contributed by atoms with van der Waals surface area (Å²) in [5.41, 5.74) is -0.562. The van der Waals surface area contributed by atoms with Crippen LogP contribution in [0.5, 0.6) is 0 Å². The zero-order chi connectivity index (χ0) is 12.3. The van der Waals surface area contributed by atoms with E-state index >= 15 is 0 Å². The molecule has 0 aliphatic rings. The Kier molecular flexibility index (Phi) is 4.33. The highest BCUT2D eigenvalue weighted by molar-refractivity contribution is 8.26. The van der Waals surface area contributed by atoms with Crippen molar-refractivity contribution < 1.29 is 9.72 Å². The Labute approximate surface area is 105 Å². The van der Waals surface area contributed by atoms with Gasteiger partial charge in [0.15, 0.2) is 0 Å². The molecule has 0 aliphatic heterocycles. The number of halogens is 3. The van der Waals surface area contributed by atoms with Crippen LogP contribution in [0.4, 0.5) is 5.69 Å². The lowest BCUT2D eigenvalue weighted by molar-refractivity contribution is -0.385. The van der Waals surface area contributed by atoms with Gasteiger partial charge in [0.05, 0.1) is 4.92 Å². The van der Waals surface area contributed by atoms with Crippen molar-refractivity contribution >= 4 is 50.4 Å². The second kappa shape index (κ2) is 5.15. The lowest BCUT2D eigenvalue weighted by Gasteiger charge is -1.99. The molecule has 1 rings (SSSR count). The highest BCUT2D eigenvalue weighted by Gasteiger charge is 2.20. The summed E-state index contributed by atoms with van der Waals surface area (Å²) in [6.07, 6.45) is 0. The fourth-order valence-electron chi connectivity index (χ4n) is 0.971. The summed E-state index contributed by atoms with van der Waals surface area (Å²) in [4.78, 5) is 21.4. The Morgan fingerprint density at radius 2 is 1.88 bits per heavy atom. The van der Waals surface area contributed by atoms with Gasteiger partial charge < -0.3 is 0 Å².